The minimum absolute atomic E-state index is 0.0550. The van der Waals surface area contributed by atoms with Gasteiger partial charge >= 0.3 is 0 Å². The Balaban J connectivity index is 1.35. The molecule has 1 saturated heterocycles. The third kappa shape index (κ3) is 3.31. The van der Waals surface area contributed by atoms with Crippen LogP contribution in [0.2, 0.25) is 0 Å². The number of amides is 1. The number of rotatable bonds is 4. The molecule has 1 amide bonds. The zero-order valence-corrected chi connectivity index (χ0v) is 22.6. The molecule has 0 radical (unpaired) electrons. The van der Waals surface area contributed by atoms with E-state index in [0.29, 0.717) is 41.4 Å². The Kier molecular flexibility index (Phi) is 6.04. The van der Waals surface area contributed by atoms with Crippen LogP contribution in [0.4, 0.5) is 0 Å². The molecule has 0 unspecified atom stereocenters. The lowest BCUT2D eigenvalue weighted by molar-refractivity contribution is -0.171. The molecule has 5 heteroatoms. The fourth-order valence-electron chi connectivity index (χ4n) is 9.92. The van der Waals surface area contributed by atoms with Crippen LogP contribution in [0.1, 0.15) is 79.6 Å². The number of carbonyl (C=O) groups excluding carboxylic acids is 2. The summed E-state index contributed by atoms with van der Waals surface area (Å²) in [6.07, 6.45) is 7.05. The fraction of sp³-hybridized carbons (Fsp3) is 0.931. The van der Waals surface area contributed by atoms with Crippen molar-refractivity contribution in [3.63, 3.8) is 0 Å². The molecule has 34 heavy (non-hydrogen) atoms. The van der Waals surface area contributed by atoms with Crippen molar-refractivity contribution in [1.29, 1.82) is 0 Å². The summed E-state index contributed by atoms with van der Waals surface area (Å²) in [5, 5.41) is 11.2. The number of hydrogen-bond donors (Lipinski definition) is 1. The van der Waals surface area contributed by atoms with Gasteiger partial charge < -0.3 is 14.9 Å². The molecule has 0 aromatic carbocycles. The lowest BCUT2D eigenvalue weighted by Crippen LogP contribution is -2.65. The minimum atomic E-state index is -0.222. The van der Waals surface area contributed by atoms with Gasteiger partial charge in [-0.3, -0.25) is 9.59 Å². The second kappa shape index (κ2) is 8.30. The number of β-lactam (4-membered cyclic amide) rings is 1. The van der Waals surface area contributed by atoms with Crippen LogP contribution in [0, 0.1) is 52.3 Å². The van der Waals surface area contributed by atoms with Gasteiger partial charge in [-0.25, -0.2) is 0 Å². The molecule has 4 aliphatic carbocycles. The average Bonchev–Trinajstić information content (AvgIpc) is 3.03. The quantitative estimate of drug-likeness (QED) is 0.622. The van der Waals surface area contributed by atoms with Crippen LogP contribution in [0.5, 0.6) is 0 Å². The lowest BCUT2D eigenvalue weighted by atomic mass is 9.44. The molecular formula is C29H48N2O3. The summed E-state index contributed by atoms with van der Waals surface area (Å²) in [6.45, 7) is 12.2. The van der Waals surface area contributed by atoms with E-state index < -0.39 is 0 Å². The fourth-order valence-corrected chi connectivity index (χ4v) is 9.92. The van der Waals surface area contributed by atoms with Gasteiger partial charge in [0.05, 0.1) is 18.1 Å². The van der Waals surface area contributed by atoms with Gasteiger partial charge in [-0.2, -0.15) is 0 Å². The smallest absolute Gasteiger partial charge is 0.228 e. The summed E-state index contributed by atoms with van der Waals surface area (Å²) in [4.78, 5) is 30.8. The summed E-state index contributed by atoms with van der Waals surface area (Å²) in [5.41, 5.74) is 0.240. The van der Waals surface area contributed by atoms with Crippen molar-refractivity contribution in [1.82, 2.24) is 9.80 Å². The number of fused-ring (bicyclic) bond motifs is 5. The van der Waals surface area contributed by atoms with Gasteiger partial charge in [-0.1, -0.05) is 27.7 Å². The minimum Gasteiger partial charge on any atom is -0.393 e. The van der Waals surface area contributed by atoms with E-state index in [2.05, 4.69) is 53.6 Å². The van der Waals surface area contributed by atoms with Crippen molar-refractivity contribution in [2.45, 2.75) is 97.8 Å². The predicted octanol–water partition coefficient (Wildman–Crippen LogP) is 4.23. The monoisotopic (exact) mass is 472 g/mol. The largest absolute Gasteiger partial charge is 0.393 e. The highest BCUT2D eigenvalue weighted by atomic mass is 16.3. The van der Waals surface area contributed by atoms with Crippen LogP contribution >= 0.6 is 0 Å². The number of Topliss-reactive ketones (excluding diaryl/α,β-unsaturated/α-hetero) is 1. The highest BCUT2D eigenvalue weighted by Crippen LogP contribution is 2.67. The molecular weight excluding hydrogens is 424 g/mol. The van der Waals surface area contributed by atoms with E-state index >= 15 is 0 Å². The first kappa shape index (κ1) is 24.7. The number of hydrogen-bond acceptors (Lipinski definition) is 4. The normalized spacial score (nSPS) is 49.5. The molecule has 192 valence electrons. The zero-order valence-electron chi connectivity index (χ0n) is 22.6. The Bertz CT molecular complexity index is 841. The van der Waals surface area contributed by atoms with E-state index in [9.17, 15) is 14.7 Å². The molecule has 1 N–H and O–H groups in total. The summed E-state index contributed by atoms with van der Waals surface area (Å²) < 4.78 is 0. The van der Waals surface area contributed by atoms with E-state index in [1.807, 2.05) is 4.90 Å². The Morgan fingerprint density at radius 1 is 0.971 bits per heavy atom. The van der Waals surface area contributed by atoms with Crippen LogP contribution in [-0.4, -0.2) is 65.4 Å². The molecule has 5 fully saturated rings. The van der Waals surface area contributed by atoms with Crippen molar-refractivity contribution < 1.29 is 14.7 Å². The first-order valence-electron chi connectivity index (χ1n) is 14.1. The molecule has 5 rings (SSSR count). The van der Waals surface area contributed by atoms with Crippen molar-refractivity contribution in [3.8, 4) is 0 Å². The summed E-state index contributed by atoms with van der Waals surface area (Å²) in [5.74, 6) is 3.22. The van der Waals surface area contributed by atoms with Crippen molar-refractivity contribution >= 4 is 11.7 Å². The SMILES string of the molecule is CC(C)[C@H]1CN([C@H]2CC[C@@]3(C)[C@@H](CC[C@@H]4[C@@H]3CC[C@]3(C)[C@@H]([C@H](C)N(C)C)[C@@H](O)C[C@@H]43)C2=O)C1=O. The molecule has 1 heterocycles. The Morgan fingerprint density at radius 3 is 2.26 bits per heavy atom. The number of aliphatic hydroxyl groups excluding tert-OH is 1. The molecule has 0 aromatic heterocycles. The Morgan fingerprint density at radius 2 is 1.65 bits per heavy atom. The maximum atomic E-state index is 13.8. The zero-order chi connectivity index (χ0) is 24.7. The molecule has 5 nitrogen and oxygen atoms in total. The van der Waals surface area contributed by atoms with Gasteiger partial charge in [0.25, 0.3) is 0 Å². The second-order valence-corrected chi connectivity index (χ2v) is 13.9. The van der Waals surface area contributed by atoms with Gasteiger partial charge in [0.15, 0.2) is 5.78 Å². The molecule has 11 atom stereocenters. The van der Waals surface area contributed by atoms with E-state index in [1.165, 1.54) is 12.8 Å². The molecule has 1 aliphatic heterocycles. The maximum Gasteiger partial charge on any atom is 0.228 e. The number of nitrogens with zero attached hydrogens (tertiary/aromatic N) is 2. The van der Waals surface area contributed by atoms with Crippen LogP contribution in [0.3, 0.4) is 0 Å². The van der Waals surface area contributed by atoms with Gasteiger partial charge in [-0.15, -0.1) is 0 Å². The maximum absolute atomic E-state index is 13.8. The average molecular weight is 473 g/mol. The van der Waals surface area contributed by atoms with Gasteiger partial charge in [-0.05, 0) is 100 Å². The summed E-state index contributed by atoms with van der Waals surface area (Å²) >= 11 is 0. The van der Waals surface area contributed by atoms with Crippen molar-refractivity contribution in [3.05, 3.63) is 0 Å². The van der Waals surface area contributed by atoms with Gasteiger partial charge in [0.1, 0.15) is 0 Å². The summed E-state index contributed by atoms with van der Waals surface area (Å²) in [7, 11) is 4.28. The van der Waals surface area contributed by atoms with Crippen molar-refractivity contribution in [2.24, 2.45) is 52.3 Å². The van der Waals surface area contributed by atoms with E-state index in [1.54, 1.807) is 0 Å². The van der Waals surface area contributed by atoms with Crippen LogP contribution in [-0.2, 0) is 9.59 Å². The van der Waals surface area contributed by atoms with Crippen LogP contribution in [0.15, 0.2) is 0 Å². The van der Waals surface area contributed by atoms with E-state index in [4.69, 9.17) is 0 Å². The van der Waals surface area contributed by atoms with Crippen molar-refractivity contribution in [2.75, 3.05) is 20.6 Å². The molecule has 0 spiro atoms. The molecule has 0 aromatic rings. The highest BCUT2D eigenvalue weighted by Gasteiger charge is 2.64. The second-order valence-electron chi connectivity index (χ2n) is 13.9. The topological polar surface area (TPSA) is 60.9 Å². The molecule has 4 saturated carbocycles. The van der Waals surface area contributed by atoms with E-state index in [0.717, 1.165) is 38.6 Å². The van der Waals surface area contributed by atoms with Gasteiger partial charge in [0.2, 0.25) is 5.91 Å². The van der Waals surface area contributed by atoms with Crippen LogP contribution < -0.4 is 0 Å². The lowest BCUT2D eigenvalue weighted by Gasteiger charge is -2.61. The number of ketones is 1. The third-order valence-corrected chi connectivity index (χ3v) is 12.1. The van der Waals surface area contributed by atoms with Gasteiger partial charge in [0, 0.05) is 24.4 Å². The number of carbonyl (C=O) groups is 2. The predicted molar refractivity (Wildman–Crippen MR) is 134 cm³/mol. The van der Waals surface area contributed by atoms with Crippen LogP contribution in [0.25, 0.3) is 0 Å². The Labute approximate surface area is 207 Å². The number of aliphatic hydroxyl groups is 1. The Hall–Kier alpha value is -0.940. The first-order chi connectivity index (χ1) is 15.9. The third-order valence-electron chi connectivity index (χ3n) is 12.1. The first-order valence-corrected chi connectivity index (χ1v) is 14.1. The van der Waals surface area contributed by atoms with E-state index in [-0.39, 0.29) is 40.7 Å². The summed E-state index contributed by atoms with van der Waals surface area (Å²) in [6, 6.07) is 0.193. The molecule has 0 bridgehead atoms. The standard InChI is InChI=1S/C29H48N2O3/c1-16(2)19-15-31(27(19)34)23-11-13-28(4)20-10-12-29(5)22(18(20)8-9-21(28)26(23)33)14-24(32)25(29)17(3)30(6)7/h16-25,32H,8-15H2,1-7H3/t17-,18+,19+,20-,21-,22-,23-,24-,25-,28+,29-/m0/s1. The molecule has 5 aliphatic rings. The number of likely N-dealkylation sites (tertiary alicyclic amines) is 1. The highest BCUT2D eigenvalue weighted by molar-refractivity contribution is 5.95.